The Bertz CT molecular complexity index is 722. The molecule has 5 nitrogen and oxygen atoms in total. The van der Waals surface area contributed by atoms with E-state index in [4.69, 9.17) is 0 Å². The van der Waals surface area contributed by atoms with Crippen molar-refractivity contribution in [1.82, 2.24) is 15.1 Å². The first-order valence-electron chi connectivity index (χ1n) is 8.69. The van der Waals surface area contributed by atoms with Gasteiger partial charge in [0.2, 0.25) is 5.91 Å². The Morgan fingerprint density at radius 1 is 1.42 bits per heavy atom. The van der Waals surface area contributed by atoms with Crippen LogP contribution in [0.4, 0.5) is 5.82 Å². The molecule has 24 heavy (non-hydrogen) atoms. The molecule has 0 spiro atoms. The van der Waals surface area contributed by atoms with Gasteiger partial charge in [0.25, 0.3) is 0 Å². The molecule has 0 fully saturated rings. The number of aromatic nitrogens is 2. The molecule has 2 unspecified atom stereocenters. The number of fused-ring (bicyclic) bond motifs is 1. The Morgan fingerprint density at radius 2 is 2.21 bits per heavy atom. The third-order valence-electron chi connectivity index (χ3n) is 4.81. The minimum atomic E-state index is -0.0867. The van der Waals surface area contributed by atoms with Crippen LogP contribution in [0.3, 0.4) is 0 Å². The van der Waals surface area contributed by atoms with E-state index in [-0.39, 0.29) is 17.9 Å². The molecular formula is C19H26N4O. The Balaban J connectivity index is 1.90. The molecule has 2 N–H and O–H groups in total. The van der Waals surface area contributed by atoms with E-state index in [1.54, 1.807) is 0 Å². The van der Waals surface area contributed by atoms with Crippen LogP contribution in [0.1, 0.15) is 42.5 Å². The molecule has 0 saturated heterocycles. The maximum atomic E-state index is 12.4. The van der Waals surface area contributed by atoms with Crippen molar-refractivity contribution < 1.29 is 4.79 Å². The first-order chi connectivity index (χ1) is 11.6. The molecule has 0 aliphatic heterocycles. The normalized spacial score (nSPS) is 18.0. The van der Waals surface area contributed by atoms with Gasteiger partial charge in [-0.15, -0.1) is 0 Å². The summed E-state index contributed by atoms with van der Waals surface area (Å²) in [5.41, 5.74) is 3.72. The van der Waals surface area contributed by atoms with Gasteiger partial charge in [-0.05, 0) is 44.4 Å². The molecule has 128 valence electrons. The smallest absolute Gasteiger partial charge is 0.229 e. The summed E-state index contributed by atoms with van der Waals surface area (Å²) in [4.78, 5) is 12.4. The fourth-order valence-electron chi connectivity index (χ4n) is 3.46. The van der Waals surface area contributed by atoms with E-state index in [2.05, 4.69) is 40.0 Å². The molecule has 5 heteroatoms. The molecule has 3 rings (SSSR count). The number of carbonyl (C=O) groups is 1. The summed E-state index contributed by atoms with van der Waals surface area (Å²) < 4.78 is 2.00. The summed E-state index contributed by atoms with van der Waals surface area (Å²) in [6, 6.07) is 8.76. The van der Waals surface area contributed by atoms with Crippen LogP contribution in [-0.4, -0.2) is 29.3 Å². The number of benzene rings is 1. The molecule has 2 atom stereocenters. The van der Waals surface area contributed by atoms with Crippen LogP contribution in [0, 0.1) is 12.8 Å². The van der Waals surface area contributed by atoms with E-state index < -0.39 is 0 Å². The minimum Gasteiger partial charge on any atom is -0.319 e. The van der Waals surface area contributed by atoms with Crippen molar-refractivity contribution in [3.8, 4) is 0 Å². The van der Waals surface area contributed by atoms with Gasteiger partial charge in [0, 0.05) is 18.0 Å². The van der Waals surface area contributed by atoms with Gasteiger partial charge in [-0.25, -0.2) is 4.68 Å². The van der Waals surface area contributed by atoms with Gasteiger partial charge in [0.15, 0.2) is 0 Å². The van der Waals surface area contributed by atoms with Gasteiger partial charge < -0.3 is 10.6 Å². The summed E-state index contributed by atoms with van der Waals surface area (Å²) in [7, 11) is 1.86. The number of hydrogen-bond acceptors (Lipinski definition) is 3. The summed E-state index contributed by atoms with van der Waals surface area (Å²) >= 11 is 0. The molecule has 2 aromatic rings. The lowest BCUT2D eigenvalue weighted by Gasteiger charge is -2.27. The Morgan fingerprint density at radius 3 is 3.00 bits per heavy atom. The standard InChI is InChI=1S/C19H26N4O/c1-13-12-21-23(18(13)22-19(24)14(2)11-20-3)17-10-6-8-15-7-4-5-9-16(15)17/h4-5,7,9,12,14,17,20H,6,8,10-11H2,1-3H3,(H,22,24). The van der Waals surface area contributed by atoms with Crippen molar-refractivity contribution in [3.05, 3.63) is 47.2 Å². The van der Waals surface area contributed by atoms with Crippen molar-refractivity contribution in [1.29, 1.82) is 0 Å². The highest BCUT2D eigenvalue weighted by atomic mass is 16.2. The van der Waals surface area contributed by atoms with Gasteiger partial charge >= 0.3 is 0 Å². The average Bonchev–Trinajstić information content (AvgIpc) is 2.95. The zero-order chi connectivity index (χ0) is 17.1. The monoisotopic (exact) mass is 326 g/mol. The Labute approximate surface area is 143 Å². The number of nitrogens with one attached hydrogen (secondary N) is 2. The summed E-state index contributed by atoms with van der Waals surface area (Å²) in [5, 5.41) is 10.7. The highest BCUT2D eigenvalue weighted by molar-refractivity contribution is 5.92. The predicted octanol–water partition coefficient (Wildman–Crippen LogP) is 2.91. The fourth-order valence-corrected chi connectivity index (χ4v) is 3.46. The number of carbonyl (C=O) groups excluding carboxylic acids is 1. The number of rotatable bonds is 5. The van der Waals surface area contributed by atoms with Crippen molar-refractivity contribution >= 4 is 11.7 Å². The van der Waals surface area contributed by atoms with Gasteiger partial charge in [0.1, 0.15) is 5.82 Å². The average molecular weight is 326 g/mol. The maximum absolute atomic E-state index is 12.4. The zero-order valence-corrected chi connectivity index (χ0v) is 14.7. The minimum absolute atomic E-state index is 0.0262. The van der Waals surface area contributed by atoms with Crippen molar-refractivity contribution in [3.63, 3.8) is 0 Å². The number of anilines is 1. The van der Waals surface area contributed by atoms with Crippen LogP contribution in [-0.2, 0) is 11.2 Å². The fraction of sp³-hybridized carbons (Fsp3) is 0.474. The number of hydrogen-bond donors (Lipinski definition) is 2. The molecule has 1 heterocycles. The highest BCUT2D eigenvalue weighted by Gasteiger charge is 2.26. The second kappa shape index (κ2) is 7.18. The highest BCUT2D eigenvalue weighted by Crippen LogP contribution is 2.35. The van der Waals surface area contributed by atoms with Gasteiger partial charge in [-0.3, -0.25) is 4.79 Å². The zero-order valence-electron chi connectivity index (χ0n) is 14.7. The topological polar surface area (TPSA) is 59.0 Å². The second-order valence-corrected chi connectivity index (χ2v) is 6.68. The molecule has 1 aromatic carbocycles. The summed E-state index contributed by atoms with van der Waals surface area (Å²) in [6.45, 7) is 4.58. The molecule has 0 radical (unpaired) electrons. The van der Waals surface area contributed by atoms with Crippen LogP contribution < -0.4 is 10.6 Å². The molecule has 1 amide bonds. The number of nitrogens with zero attached hydrogens (tertiary/aromatic N) is 2. The van der Waals surface area contributed by atoms with Crippen molar-refractivity contribution in [2.45, 2.75) is 39.2 Å². The van der Waals surface area contributed by atoms with Crippen LogP contribution in [0.2, 0.25) is 0 Å². The van der Waals surface area contributed by atoms with Crippen LogP contribution in [0.25, 0.3) is 0 Å². The van der Waals surface area contributed by atoms with Gasteiger partial charge in [-0.2, -0.15) is 5.10 Å². The summed E-state index contributed by atoms with van der Waals surface area (Å²) in [5.74, 6) is 0.763. The molecule has 0 bridgehead atoms. The van der Waals surface area contributed by atoms with E-state index in [0.717, 1.165) is 30.6 Å². The van der Waals surface area contributed by atoms with E-state index in [9.17, 15) is 4.79 Å². The summed E-state index contributed by atoms with van der Waals surface area (Å²) in [6.07, 6.45) is 5.15. The van der Waals surface area contributed by atoms with Gasteiger partial charge in [-0.1, -0.05) is 31.2 Å². The van der Waals surface area contributed by atoms with E-state index in [1.807, 2.05) is 31.8 Å². The number of amides is 1. The SMILES string of the molecule is CNCC(C)C(=O)Nc1c(C)cnn1C1CCCc2ccccc21. The van der Waals surface area contributed by atoms with Crippen LogP contribution >= 0.6 is 0 Å². The van der Waals surface area contributed by atoms with Gasteiger partial charge in [0.05, 0.1) is 12.2 Å². The van der Waals surface area contributed by atoms with E-state index in [0.29, 0.717) is 6.54 Å². The quantitative estimate of drug-likeness (QED) is 0.888. The molecule has 1 aliphatic carbocycles. The second-order valence-electron chi connectivity index (χ2n) is 6.68. The lowest BCUT2D eigenvalue weighted by Crippen LogP contribution is -2.30. The third-order valence-corrected chi connectivity index (χ3v) is 4.81. The lowest BCUT2D eigenvalue weighted by atomic mass is 9.88. The Kier molecular flexibility index (Phi) is 5.00. The lowest BCUT2D eigenvalue weighted by molar-refractivity contribution is -0.119. The first kappa shape index (κ1) is 16.7. The van der Waals surface area contributed by atoms with Crippen LogP contribution in [0.5, 0.6) is 0 Å². The largest absolute Gasteiger partial charge is 0.319 e. The molecule has 1 aromatic heterocycles. The molecular weight excluding hydrogens is 300 g/mol. The predicted molar refractivity (Wildman–Crippen MR) is 96.2 cm³/mol. The third kappa shape index (κ3) is 3.22. The van der Waals surface area contributed by atoms with E-state index in [1.165, 1.54) is 11.1 Å². The van der Waals surface area contributed by atoms with E-state index >= 15 is 0 Å². The molecule has 1 aliphatic rings. The maximum Gasteiger partial charge on any atom is 0.229 e. The van der Waals surface area contributed by atoms with Crippen molar-refractivity contribution in [2.24, 2.45) is 5.92 Å². The molecule has 0 saturated carbocycles. The van der Waals surface area contributed by atoms with Crippen molar-refractivity contribution in [2.75, 3.05) is 18.9 Å². The first-order valence-corrected chi connectivity index (χ1v) is 8.69. The number of aryl methyl sites for hydroxylation is 2. The Hall–Kier alpha value is -2.14. The van der Waals surface area contributed by atoms with Crippen LogP contribution in [0.15, 0.2) is 30.5 Å².